The summed E-state index contributed by atoms with van der Waals surface area (Å²) in [5.74, 6) is 0.176. The third-order valence-electron chi connectivity index (χ3n) is 3.09. The highest BCUT2D eigenvalue weighted by Crippen LogP contribution is 2.13. The molecule has 0 atom stereocenters. The third-order valence-corrected chi connectivity index (χ3v) is 3.09. The van der Waals surface area contributed by atoms with Gasteiger partial charge in [-0.2, -0.15) is 0 Å². The van der Waals surface area contributed by atoms with Gasteiger partial charge in [-0.1, -0.05) is 19.1 Å². The van der Waals surface area contributed by atoms with Crippen LogP contribution in [0.15, 0.2) is 35.1 Å². The Bertz CT molecular complexity index is 709. The normalized spacial score (nSPS) is 10.4. The standard InChI is InChI=1S/C16H18N2O4/c1-2-11-4-3-5-13(8-11)22-7-6-14-17-12(10-16(20)21)9-15(19)18-14/h3-5,8-9H,2,6-7,10H2,1H3,(H,20,21)(H,17,18,19). The summed E-state index contributed by atoms with van der Waals surface area (Å²) in [5.41, 5.74) is 1.08. The molecule has 6 heteroatoms. The molecular weight excluding hydrogens is 284 g/mol. The van der Waals surface area contributed by atoms with E-state index in [0.717, 1.165) is 12.2 Å². The van der Waals surface area contributed by atoms with Crippen molar-refractivity contribution in [2.75, 3.05) is 6.61 Å². The minimum absolute atomic E-state index is 0.249. The fourth-order valence-electron chi connectivity index (χ4n) is 2.05. The van der Waals surface area contributed by atoms with Crippen LogP contribution in [0.4, 0.5) is 0 Å². The van der Waals surface area contributed by atoms with E-state index in [4.69, 9.17) is 9.84 Å². The summed E-state index contributed by atoms with van der Waals surface area (Å²) in [6, 6.07) is 9.00. The Morgan fingerprint density at radius 3 is 2.91 bits per heavy atom. The van der Waals surface area contributed by atoms with Crippen LogP contribution in [0.2, 0.25) is 0 Å². The first-order valence-electron chi connectivity index (χ1n) is 7.09. The monoisotopic (exact) mass is 302 g/mol. The van der Waals surface area contributed by atoms with Gasteiger partial charge in [0.1, 0.15) is 11.6 Å². The molecule has 2 N–H and O–H groups in total. The van der Waals surface area contributed by atoms with Crippen LogP contribution in [0.5, 0.6) is 5.75 Å². The van der Waals surface area contributed by atoms with Crippen LogP contribution >= 0.6 is 0 Å². The number of ether oxygens (including phenoxy) is 1. The summed E-state index contributed by atoms with van der Waals surface area (Å²) in [6.07, 6.45) is 1.07. The largest absolute Gasteiger partial charge is 0.493 e. The zero-order valence-corrected chi connectivity index (χ0v) is 12.3. The molecule has 0 bridgehead atoms. The summed E-state index contributed by atoms with van der Waals surface area (Å²) >= 11 is 0. The Labute approximate surface area is 127 Å². The van der Waals surface area contributed by atoms with Crippen molar-refractivity contribution in [1.29, 1.82) is 0 Å². The lowest BCUT2D eigenvalue weighted by molar-refractivity contribution is -0.136. The quantitative estimate of drug-likeness (QED) is 0.810. The van der Waals surface area contributed by atoms with Crippen LogP contribution in [-0.4, -0.2) is 27.7 Å². The van der Waals surface area contributed by atoms with Crippen molar-refractivity contribution in [3.63, 3.8) is 0 Å². The van der Waals surface area contributed by atoms with Crippen molar-refractivity contribution < 1.29 is 14.6 Å². The Balaban J connectivity index is 1.97. The molecule has 1 aromatic heterocycles. The van der Waals surface area contributed by atoms with Crippen LogP contribution < -0.4 is 10.3 Å². The van der Waals surface area contributed by atoms with Gasteiger partial charge in [0.25, 0.3) is 5.56 Å². The van der Waals surface area contributed by atoms with Crippen molar-refractivity contribution in [2.24, 2.45) is 0 Å². The van der Waals surface area contributed by atoms with Crippen molar-refractivity contribution in [3.05, 3.63) is 57.8 Å². The number of aromatic nitrogens is 2. The Hall–Kier alpha value is -2.63. The van der Waals surface area contributed by atoms with Gasteiger partial charge in [-0.15, -0.1) is 0 Å². The number of carboxylic acid groups (broad SMARTS) is 1. The molecule has 0 saturated heterocycles. The number of benzene rings is 1. The lowest BCUT2D eigenvalue weighted by Crippen LogP contribution is -2.16. The third kappa shape index (κ3) is 4.73. The SMILES string of the molecule is CCc1cccc(OCCc2nc(CC(=O)O)cc(=O)[nH]2)c1. The summed E-state index contributed by atoms with van der Waals surface area (Å²) in [5, 5.41) is 8.75. The summed E-state index contributed by atoms with van der Waals surface area (Å²) in [7, 11) is 0. The second kappa shape index (κ2) is 7.40. The molecule has 0 aliphatic heterocycles. The maximum Gasteiger partial charge on any atom is 0.309 e. The molecule has 6 nitrogen and oxygen atoms in total. The molecular formula is C16H18N2O4. The highest BCUT2D eigenvalue weighted by atomic mass is 16.5. The van der Waals surface area contributed by atoms with Gasteiger partial charge in [0.05, 0.1) is 18.7 Å². The van der Waals surface area contributed by atoms with Crippen LogP contribution in [-0.2, 0) is 24.1 Å². The van der Waals surface area contributed by atoms with Gasteiger partial charge in [0.2, 0.25) is 0 Å². The number of rotatable bonds is 7. The van der Waals surface area contributed by atoms with E-state index in [9.17, 15) is 9.59 Å². The predicted octanol–water partition coefficient (Wildman–Crippen LogP) is 1.58. The van der Waals surface area contributed by atoms with Gasteiger partial charge in [0.15, 0.2) is 0 Å². The molecule has 22 heavy (non-hydrogen) atoms. The first-order valence-corrected chi connectivity index (χ1v) is 7.09. The number of aliphatic carboxylic acids is 1. The maximum absolute atomic E-state index is 11.5. The van der Waals surface area contributed by atoms with Crippen molar-refractivity contribution in [3.8, 4) is 5.75 Å². The number of aromatic amines is 1. The summed E-state index contributed by atoms with van der Waals surface area (Å²) in [4.78, 5) is 28.9. The van der Waals surface area contributed by atoms with Gasteiger partial charge in [-0.05, 0) is 24.1 Å². The number of H-pyrrole nitrogens is 1. The predicted molar refractivity (Wildman–Crippen MR) is 81.2 cm³/mol. The maximum atomic E-state index is 11.5. The number of hydrogen-bond acceptors (Lipinski definition) is 4. The molecule has 0 aliphatic rings. The smallest absolute Gasteiger partial charge is 0.309 e. The molecule has 2 aromatic rings. The molecule has 0 spiro atoms. The zero-order chi connectivity index (χ0) is 15.9. The van der Waals surface area contributed by atoms with Crippen molar-refractivity contribution >= 4 is 5.97 Å². The zero-order valence-electron chi connectivity index (χ0n) is 12.3. The van der Waals surface area contributed by atoms with E-state index < -0.39 is 5.97 Å². The highest BCUT2D eigenvalue weighted by molar-refractivity contribution is 5.69. The second-order valence-corrected chi connectivity index (χ2v) is 4.85. The van der Waals surface area contributed by atoms with E-state index in [1.54, 1.807) is 0 Å². The van der Waals surface area contributed by atoms with E-state index >= 15 is 0 Å². The Morgan fingerprint density at radius 1 is 1.36 bits per heavy atom. The van der Waals surface area contributed by atoms with E-state index in [1.165, 1.54) is 11.6 Å². The van der Waals surface area contributed by atoms with E-state index in [2.05, 4.69) is 16.9 Å². The van der Waals surface area contributed by atoms with Crippen LogP contribution in [0.1, 0.15) is 24.0 Å². The number of carboxylic acids is 1. The molecule has 1 aromatic carbocycles. The second-order valence-electron chi connectivity index (χ2n) is 4.85. The average Bonchev–Trinajstić information content (AvgIpc) is 2.46. The van der Waals surface area contributed by atoms with Gasteiger partial charge >= 0.3 is 5.97 Å². The summed E-state index contributed by atoms with van der Waals surface area (Å²) in [6.45, 7) is 2.42. The first kappa shape index (κ1) is 15.8. The molecule has 2 rings (SSSR count). The van der Waals surface area contributed by atoms with Crippen LogP contribution in [0.25, 0.3) is 0 Å². The molecule has 0 aliphatic carbocycles. The number of hydrogen-bond donors (Lipinski definition) is 2. The fourth-order valence-corrected chi connectivity index (χ4v) is 2.05. The molecule has 116 valence electrons. The molecule has 0 unspecified atom stereocenters. The highest BCUT2D eigenvalue weighted by Gasteiger charge is 2.06. The number of nitrogens with zero attached hydrogens (tertiary/aromatic N) is 1. The Kier molecular flexibility index (Phi) is 5.30. The van der Waals surface area contributed by atoms with E-state index in [-0.39, 0.29) is 17.7 Å². The lowest BCUT2D eigenvalue weighted by Gasteiger charge is -2.07. The number of carbonyl (C=O) groups is 1. The van der Waals surface area contributed by atoms with Gasteiger partial charge in [-0.3, -0.25) is 9.59 Å². The average molecular weight is 302 g/mol. The number of aryl methyl sites for hydroxylation is 1. The van der Waals surface area contributed by atoms with Crippen molar-refractivity contribution in [1.82, 2.24) is 9.97 Å². The molecule has 1 heterocycles. The summed E-state index contributed by atoms with van der Waals surface area (Å²) < 4.78 is 5.63. The molecule has 0 saturated carbocycles. The Morgan fingerprint density at radius 2 is 2.18 bits per heavy atom. The van der Waals surface area contributed by atoms with E-state index in [0.29, 0.717) is 18.9 Å². The first-order chi connectivity index (χ1) is 10.6. The van der Waals surface area contributed by atoms with E-state index in [1.807, 2.05) is 24.3 Å². The van der Waals surface area contributed by atoms with Crippen molar-refractivity contribution in [2.45, 2.75) is 26.2 Å². The fraction of sp³-hybridized carbons (Fsp3) is 0.312. The molecule has 0 radical (unpaired) electrons. The minimum Gasteiger partial charge on any atom is -0.493 e. The molecule has 0 amide bonds. The van der Waals surface area contributed by atoms with Gasteiger partial charge < -0.3 is 14.8 Å². The van der Waals surface area contributed by atoms with Crippen LogP contribution in [0.3, 0.4) is 0 Å². The van der Waals surface area contributed by atoms with Gasteiger partial charge in [-0.25, -0.2) is 4.98 Å². The lowest BCUT2D eigenvalue weighted by atomic mass is 10.2. The number of nitrogens with one attached hydrogen (secondary N) is 1. The molecule has 0 fully saturated rings. The topological polar surface area (TPSA) is 92.3 Å². The van der Waals surface area contributed by atoms with Gasteiger partial charge in [0, 0.05) is 12.5 Å². The van der Waals surface area contributed by atoms with Crippen LogP contribution in [0, 0.1) is 0 Å². The minimum atomic E-state index is -1.02.